The lowest BCUT2D eigenvalue weighted by Gasteiger charge is -2.21. The zero-order chi connectivity index (χ0) is 11.3. The third-order valence-corrected chi connectivity index (χ3v) is 2.57. The molecule has 5 nitrogen and oxygen atoms in total. The van der Waals surface area contributed by atoms with Crippen LogP contribution in [0.15, 0.2) is 0 Å². The Hall–Kier alpha value is -0.200. The molecule has 0 aromatic rings. The van der Waals surface area contributed by atoms with Gasteiger partial charge in [0.25, 0.3) is 0 Å². The van der Waals surface area contributed by atoms with E-state index in [9.17, 15) is 0 Å². The van der Waals surface area contributed by atoms with Gasteiger partial charge in [-0.05, 0) is 6.92 Å². The van der Waals surface area contributed by atoms with E-state index in [4.69, 9.17) is 24.7 Å². The van der Waals surface area contributed by atoms with Crippen LogP contribution < -0.4 is 5.73 Å². The predicted octanol–water partition coefficient (Wildman–Crippen LogP) is -0.221. The summed E-state index contributed by atoms with van der Waals surface area (Å²) in [6, 6.07) is 0. The zero-order valence-electron chi connectivity index (χ0n) is 9.64. The van der Waals surface area contributed by atoms with E-state index in [1.54, 1.807) is 14.2 Å². The highest BCUT2D eigenvalue weighted by Crippen LogP contribution is 2.26. The number of rotatable bonds is 6. The summed E-state index contributed by atoms with van der Waals surface area (Å²) >= 11 is 0. The molecule has 1 heterocycles. The van der Waals surface area contributed by atoms with E-state index in [2.05, 4.69) is 0 Å². The van der Waals surface area contributed by atoms with Crippen LogP contribution in [0.3, 0.4) is 0 Å². The lowest BCUT2D eigenvalue weighted by atomic mass is 10.1. The second kappa shape index (κ2) is 6.40. The van der Waals surface area contributed by atoms with Crippen molar-refractivity contribution < 1.29 is 18.9 Å². The molecule has 0 spiro atoms. The first-order valence-electron chi connectivity index (χ1n) is 5.23. The highest BCUT2D eigenvalue weighted by atomic mass is 16.6. The molecule has 0 saturated carbocycles. The molecule has 0 radical (unpaired) electrons. The Kier molecular flexibility index (Phi) is 5.49. The van der Waals surface area contributed by atoms with E-state index in [0.717, 1.165) is 0 Å². The third-order valence-electron chi connectivity index (χ3n) is 2.57. The summed E-state index contributed by atoms with van der Waals surface area (Å²) in [7, 11) is 3.31. The maximum Gasteiger partial charge on any atom is 0.114 e. The molecule has 0 bridgehead atoms. The van der Waals surface area contributed by atoms with Gasteiger partial charge in [-0.3, -0.25) is 0 Å². The molecule has 1 aliphatic rings. The lowest BCUT2D eigenvalue weighted by Crippen LogP contribution is -2.38. The molecular formula is C10H21NO4. The maximum atomic E-state index is 5.70. The van der Waals surface area contributed by atoms with Crippen molar-refractivity contribution in [1.82, 2.24) is 0 Å². The lowest BCUT2D eigenvalue weighted by molar-refractivity contribution is -0.0544. The van der Waals surface area contributed by atoms with Crippen LogP contribution >= 0.6 is 0 Å². The normalized spacial score (nSPS) is 36.0. The van der Waals surface area contributed by atoms with E-state index in [1.807, 2.05) is 6.92 Å². The number of ether oxygens (including phenoxy) is 4. The van der Waals surface area contributed by atoms with Crippen molar-refractivity contribution in [3.05, 3.63) is 0 Å². The van der Waals surface area contributed by atoms with Gasteiger partial charge >= 0.3 is 0 Å². The highest BCUT2D eigenvalue weighted by Gasteiger charge is 2.43. The standard InChI is InChI=1S/C10H21NO4/c1-7-9(14-5-4-11)10(13-3)8(15-7)6-12-2/h7-10H,4-6,11H2,1-3H3/t7-,8+,9+,10?/m0/s1. The second-order valence-electron chi connectivity index (χ2n) is 3.66. The van der Waals surface area contributed by atoms with Crippen LogP contribution in [-0.2, 0) is 18.9 Å². The first kappa shape index (κ1) is 12.9. The van der Waals surface area contributed by atoms with E-state index in [0.29, 0.717) is 19.8 Å². The molecule has 1 aliphatic heterocycles. The molecule has 1 rings (SSSR count). The summed E-state index contributed by atoms with van der Waals surface area (Å²) in [5, 5.41) is 0. The van der Waals surface area contributed by atoms with E-state index in [1.165, 1.54) is 0 Å². The smallest absolute Gasteiger partial charge is 0.114 e. The van der Waals surface area contributed by atoms with E-state index in [-0.39, 0.29) is 24.4 Å². The zero-order valence-corrected chi connectivity index (χ0v) is 9.64. The Balaban J connectivity index is 2.52. The summed E-state index contributed by atoms with van der Waals surface area (Å²) < 4.78 is 21.8. The van der Waals surface area contributed by atoms with Crippen LogP contribution in [0.4, 0.5) is 0 Å². The van der Waals surface area contributed by atoms with Crippen molar-refractivity contribution in [1.29, 1.82) is 0 Å². The quantitative estimate of drug-likeness (QED) is 0.669. The second-order valence-corrected chi connectivity index (χ2v) is 3.66. The maximum absolute atomic E-state index is 5.70. The Bertz CT molecular complexity index is 179. The average Bonchev–Trinajstić information content (AvgIpc) is 2.52. The molecule has 15 heavy (non-hydrogen) atoms. The summed E-state index contributed by atoms with van der Waals surface area (Å²) in [4.78, 5) is 0. The van der Waals surface area contributed by atoms with Crippen LogP contribution in [-0.4, -0.2) is 58.4 Å². The summed E-state index contributed by atoms with van der Waals surface area (Å²) in [6.07, 6.45) is -0.176. The number of hydrogen-bond acceptors (Lipinski definition) is 5. The third kappa shape index (κ3) is 3.12. The molecule has 1 unspecified atom stereocenters. The van der Waals surface area contributed by atoms with Gasteiger partial charge in [-0.2, -0.15) is 0 Å². The first-order valence-corrected chi connectivity index (χ1v) is 5.23. The van der Waals surface area contributed by atoms with Gasteiger partial charge in [0.1, 0.15) is 18.3 Å². The minimum Gasteiger partial charge on any atom is -0.382 e. The van der Waals surface area contributed by atoms with Gasteiger partial charge in [-0.1, -0.05) is 0 Å². The molecule has 0 aromatic carbocycles. The van der Waals surface area contributed by atoms with Gasteiger partial charge in [0.15, 0.2) is 0 Å². The molecule has 5 heteroatoms. The van der Waals surface area contributed by atoms with Crippen molar-refractivity contribution in [2.45, 2.75) is 31.3 Å². The minimum atomic E-state index is -0.0773. The Morgan fingerprint density at radius 3 is 2.53 bits per heavy atom. The van der Waals surface area contributed by atoms with Gasteiger partial charge in [0, 0.05) is 20.8 Å². The molecular weight excluding hydrogens is 198 g/mol. The van der Waals surface area contributed by atoms with Gasteiger partial charge in [0.2, 0.25) is 0 Å². The predicted molar refractivity (Wildman–Crippen MR) is 55.8 cm³/mol. The van der Waals surface area contributed by atoms with Crippen LogP contribution in [0.25, 0.3) is 0 Å². The van der Waals surface area contributed by atoms with Crippen molar-refractivity contribution in [2.75, 3.05) is 34.0 Å². The van der Waals surface area contributed by atoms with Crippen molar-refractivity contribution in [3.63, 3.8) is 0 Å². The van der Waals surface area contributed by atoms with Crippen LogP contribution in [0.1, 0.15) is 6.92 Å². The van der Waals surface area contributed by atoms with E-state index < -0.39 is 0 Å². The summed E-state index contributed by atoms with van der Waals surface area (Å²) in [6.45, 7) is 3.53. The SMILES string of the molecule is COC[C@H]1O[C@@H](C)[C@@H](OCCN)C1OC. The highest BCUT2D eigenvalue weighted by molar-refractivity contribution is 4.90. The number of nitrogens with two attached hydrogens (primary N) is 1. The molecule has 0 aromatic heterocycles. The Labute approximate surface area is 90.8 Å². The topological polar surface area (TPSA) is 62.9 Å². The molecule has 0 aliphatic carbocycles. The van der Waals surface area contributed by atoms with Crippen molar-refractivity contribution in [3.8, 4) is 0 Å². The Morgan fingerprint density at radius 1 is 1.27 bits per heavy atom. The van der Waals surface area contributed by atoms with Gasteiger partial charge in [-0.15, -0.1) is 0 Å². The fourth-order valence-corrected chi connectivity index (χ4v) is 1.93. The average molecular weight is 219 g/mol. The van der Waals surface area contributed by atoms with Crippen LogP contribution in [0.2, 0.25) is 0 Å². The summed E-state index contributed by atoms with van der Waals surface area (Å²) in [5.41, 5.74) is 5.40. The van der Waals surface area contributed by atoms with Crippen molar-refractivity contribution in [2.24, 2.45) is 5.73 Å². The minimum absolute atomic E-state index is 0.0154. The molecule has 0 amide bonds. The van der Waals surface area contributed by atoms with Crippen LogP contribution in [0, 0.1) is 0 Å². The van der Waals surface area contributed by atoms with Gasteiger partial charge < -0.3 is 24.7 Å². The van der Waals surface area contributed by atoms with Gasteiger partial charge in [0.05, 0.1) is 19.3 Å². The largest absolute Gasteiger partial charge is 0.382 e. The fraction of sp³-hybridized carbons (Fsp3) is 1.00. The monoisotopic (exact) mass is 219 g/mol. The molecule has 2 N–H and O–H groups in total. The molecule has 1 fully saturated rings. The van der Waals surface area contributed by atoms with Crippen molar-refractivity contribution >= 4 is 0 Å². The number of hydrogen-bond donors (Lipinski definition) is 1. The van der Waals surface area contributed by atoms with Gasteiger partial charge in [-0.25, -0.2) is 0 Å². The molecule has 1 saturated heterocycles. The first-order chi connectivity index (χ1) is 7.24. The molecule has 4 atom stereocenters. The summed E-state index contributed by atoms with van der Waals surface area (Å²) in [5.74, 6) is 0. The number of methoxy groups -OCH3 is 2. The fourth-order valence-electron chi connectivity index (χ4n) is 1.93. The van der Waals surface area contributed by atoms with E-state index >= 15 is 0 Å². The Morgan fingerprint density at radius 2 is 2.00 bits per heavy atom. The molecule has 90 valence electrons. The van der Waals surface area contributed by atoms with Crippen LogP contribution in [0.5, 0.6) is 0 Å².